The van der Waals surface area contributed by atoms with E-state index in [-0.39, 0.29) is 37.5 Å². The topological polar surface area (TPSA) is 78.9 Å². The molecule has 0 N–H and O–H groups in total. The van der Waals surface area contributed by atoms with Gasteiger partial charge in [0.1, 0.15) is 13.2 Å². The lowest BCUT2D eigenvalue weighted by Crippen LogP contribution is -2.30. The van der Waals surface area contributed by atoms with E-state index in [9.17, 15) is 14.4 Å². The van der Waals surface area contributed by atoms with E-state index in [0.717, 1.165) is 77.0 Å². The first kappa shape index (κ1) is 57.4. The monoisotopic (exact) mass is 841 g/mol. The SMILES string of the molecule is CC/C=C\C/C=C\C/C=C\C/C=C\CCCCC(=O)O[C@H](COC(=O)CCCCCCCCCCCC)COC(=O)CCCCCCCCCCCCCCCCCCC. The smallest absolute Gasteiger partial charge is 0.306 e. The zero-order valence-corrected chi connectivity index (χ0v) is 39.7. The summed E-state index contributed by atoms with van der Waals surface area (Å²) in [6.45, 7) is 6.49. The Balaban J connectivity index is 4.37. The van der Waals surface area contributed by atoms with Crippen LogP contribution in [0.25, 0.3) is 0 Å². The zero-order valence-electron chi connectivity index (χ0n) is 39.7. The number of allylic oxidation sites excluding steroid dienone is 8. The molecule has 0 aliphatic rings. The molecule has 0 fully saturated rings. The second kappa shape index (κ2) is 49.0. The predicted molar refractivity (Wildman–Crippen MR) is 256 cm³/mol. The van der Waals surface area contributed by atoms with E-state index in [1.54, 1.807) is 0 Å². The highest BCUT2D eigenvalue weighted by Gasteiger charge is 2.19. The molecule has 60 heavy (non-hydrogen) atoms. The average molecular weight is 841 g/mol. The van der Waals surface area contributed by atoms with Gasteiger partial charge >= 0.3 is 17.9 Å². The Hall–Kier alpha value is -2.63. The van der Waals surface area contributed by atoms with Gasteiger partial charge < -0.3 is 14.2 Å². The number of ether oxygens (including phenoxy) is 3. The van der Waals surface area contributed by atoms with Crippen LogP contribution in [-0.2, 0) is 28.6 Å². The van der Waals surface area contributed by atoms with Crippen molar-refractivity contribution in [3.63, 3.8) is 0 Å². The van der Waals surface area contributed by atoms with Gasteiger partial charge in [0.05, 0.1) is 0 Å². The van der Waals surface area contributed by atoms with Crippen molar-refractivity contribution < 1.29 is 28.6 Å². The number of hydrogen-bond donors (Lipinski definition) is 0. The fraction of sp³-hybridized carbons (Fsp3) is 0.796. The Kier molecular flexibility index (Phi) is 46.9. The number of rotatable bonds is 46. The fourth-order valence-corrected chi connectivity index (χ4v) is 7.26. The Morgan fingerprint density at radius 2 is 0.650 bits per heavy atom. The van der Waals surface area contributed by atoms with E-state index in [1.165, 1.54) is 135 Å². The molecule has 0 aliphatic carbocycles. The van der Waals surface area contributed by atoms with Crippen LogP contribution in [0.15, 0.2) is 48.6 Å². The van der Waals surface area contributed by atoms with E-state index in [1.807, 2.05) is 0 Å². The van der Waals surface area contributed by atoms with Crippen molar-refractivity contribution in [1.82, 2.24) is 0 Å². The van der Waals surface area contributed by atoms with E-state index < -0.39 is 6.10 Å². The maximum absolute atomic E-state index is 12.8. The molecule has 348 valence electrons. The van der Waals surface area contributed by atoms with Crippen LogP contribution in [0.1, 0.15) is 258 Å². The standard InChI is InChI=1S/C54H96O6/c1-4-7-10-13-16-19-22-24-26-27-29-30-32-35-38-41-44-47-53(56)59-50-51(49-58-52(55)46-43-40-37-34-21-18-15-12-9-6-3)60-54(57)48-45-42-39-36-33-31-28-25-23-20-17-14-11-8-5-2/h8,11,17,20,25,28,33,36,51H,4-7,9-10,12-16,18-19,21-24,26-27,29-32,34-35,37-50H2,1-3H3/b11-8-,20-17-,28-25-,36-33-/t51-/m1/s1. The quantitative estimate of drug-likeness (QED) is 0.0263. The van der Waals surface area contributed by atoms with Crippen molar-refractivity contribution in [3.8, 4) is 0 Å². The predicted octanol–water partition coefficient (Wildman–Crippen LogP) is 16.7. The third kappa shape index (κ3) is 46.4. The minimum atomic E-state index is -0.789. The normalized spacial score (nSPS) is 12.4. The molecule has 0 unspecified atom stereocenters. The first-order valence-corrected chi connectivity index (χ1v) is 25.6. The molecule has 0 amide bonds. The molecule has 0 aromatic heterocycles. The summed E-state index contributed by atoms with van der Waals surface area (Å²) in [5.41, 5.74) is 0. The second-order valence-electron chi connectivity index (χ2n) is 17.1. The van der Waals surface area contributed by atoms with Crippen LogP contribution in [0.5, 0.6) is 0 Å². The number of unbranched alkanes of at least 4 members (excludes halogenated alkanes) is 27. The molecule has 6 nitrogen and oxygen atoms in total. The van der Waals surface area contributed by atoms with Crippen molar-refractivity contribution in [3.05, 3.63) is 48.6 Å². The Morgan fingerprint density at radius 3 is 1.02 bits per heavy atom. The second-order valence-corrected chi connectivity index (χ2v) is 17.1. The molecule has 0 heterocycles. The van der Waals surface area contributed by atoms with E-state index in [2.05, 4.69) is 69.4 Å². The molecule has 0 aromatic carbocycles. The first-order valence-electron chi connectivity index (χ1n) is 25.6. The third-order valence-electron chi connectivity index (χ3n) is 11.1. The van der Waals surface area contributed by atoms with Gasteiger partial charge in [-0.25, -0.2) is 0 Å². The van der Waals surface area contributed by atoms with Crippen LogP contribution in [0, 0.1) is 0 Å². The molecule has 6 heteroatoms. The molecular formula is C54H96O6. The zero-order chi connectivity index (χ0) is 43.7. The van der Waals surface area contributed by atoms with E-state index >= 15 is 0 Å². The summed E-state index contributed by atoms with van der Waals surface area (Å²) in [4.78, 5) is 37.9. The van der Waals surface area contributed by atoms with Gasteiger partial charge in [0.15, 0.2) is 6.10 Å². The third-order valence-corrected chi connectivity index (χ3v) is 11.1. The lowest BCUT2D eigenvalue weighted by molar-refractivity contribution is -0.167. The molecule has 0 spiro atoms. The van der Waals surface area contributed by atoms with Gasteiger partial charge in [0.25, 0.3) is 0 Å². The molecule has 0 radical (unpaired) electrons. The van der Waals surface area contributed by atoms with Crippen LogP contribution in [0.2, 0.25) is 0 Å². The molecular weight excluding hydrogens is 745 g/mol. The molecule has 1 atom stereocenters. The summed E-state index contributed by atoms with van der Waals surface area (Å²) < 4.78 is 16.7. The summed E-state index contributed by atoms with van der Waals surface area (Å²) in [6.07, 6.45) is 58.1. The van der Waals surface area contributed by atoms with Gasteiger partial charge in [-0.15, -0.1) is 0 Å². The van der Waals surface area contributed by atoms with Gasteiger partial charge in [-0.3, -0.25) is 14.4 Å². The van der Waals surface area contributed by atoms with Gasteiger partial charge in [0.2, 0.25) is 0 Å². The minimum absolute atomic E-state index is 0.0863. The lowest BCUT2D eigenvalue weighted by atomic mass is 10.0. The average Bonchev–Trinajstić information content (AvgIpc) is 3.24. The minimum Gasteiger partial charge on any atom is -0.462 e. The molecule has 0 bridgehead atoms. The highest BCUT2D eigenvalue weighted by Crippen LogP contribution is 2.16. The Morgan fingerprint density at radius 1 is 0.350 bits per heavy atom. The number of carbonyl (C=O) groups excluding carboxylic acids is 3. The van der Waals surface area contributed by atoms with Crippen molar-refractivity contribution >= 4 is 17.9 Å². The highest BCUT2D eigenvalue weighted by molar-refractivity contribution is 5.71. The maximum atomic E-state index is 12.8. The molecule has 0 saturated heterocycles. The molecule has 0 aliphatic heterocycles. The molecule has 0 saturated carbocycles. The summed E-state index contributed by atoms with van der Waals surface area (Å²) >= 11 is 0. The van der Waals surface area contributed by atoms with E-state index in [0.29, 0.717) is 19.3 Å². The Labute approximate surface area is 371 Å². The van der Waals surface area contributed by atoms with Crippen LogP contribution in [0.4, 0.5) is 0 Å². The summed E-state index contributed by atoms with van der Waals surface area (Å²) in [5.74, 6) is -0.921. The lowest BCUT2D eigenvalue weighted by Gasteiger charge is -2.18. The number of hydrogen-bond acceptors (Lipinski definition) is 6. The number of esters is 3. The van der Waals surface area contributed by atoms with Gasteiger partial charge in [-0.1, -0.05) is 230 Å². The van der Waals surface area contributed by atoms with Gasteiger partial charge in [-0.2, -0.15) is 0 Å². The van der Waals surface area contributed by atoms with Gasteiger partial charge in [-0.05, 0) is 57.8 Å². The van der Waals surface area contributed by atoms with Crippen molar-refractivity contribution in [2.24, 2.45) is 0 Å². The number of carbonyl (C=O) groups is 3. The summed E-state index contributed by atoms with van der Waals surface area (Å²) in [6, 6.07) is 0. The largest absolute Gasteiger partial charge is 0.462 e. The van der Waals surface area contributed by atoms with Gasteiger partial charge in [0, 0.05) is 19.3 Å². The van der Waals surface area contributed by atoms with Crippen LogP contribution >= 0.6 is 0 Å². The summed E-state index contributed by atoms with van der Waals surface area (Å²) in [5, 5.41) is 0. The van der Waals surface area contributed by atoms with Crippen LogP contribution in [0.3, 0.4) is 0 Å². The van der Waals surface area contributed by atoms with Crippen molar-refractivity contribution in [1.29, 1.82) is 0 Å². The molecule has 0 rings (SSSR count). The summed E-state index contributed by atoms with van der Waals surface area (Å²) in [7, 11) is 0. The maximum Gasteiger partial charge on any atom is 0.306 e. The van der Waals surface area contributed by atoms with Crippen molar-refractivity contribution in [2.45, 2.75) is 264 Å². The fourth-order valence-electron chi connectivity index (χ4n) is 7.26. The molecule has 0 aromatic rings. The Bertz CT molecular complexity index is 1060. The van der Waals surface area contributed by atoms with Crippen LogP contribution in [-0.4, -0.2) is 37.2 Å². The first-order chi connectivity index (χ1) is 29.5. The van der Waals surface area contributed by atoms with Crippen molar-refractivity contribution in [2.75, 3.05) is 13.2 Å². The van der Waals surface area contributed by atoms with Crippen LogP contribution < -0.4 is 0 Å². The highest BCUT2D eigenvalue weighted by atomic mass is 16.6. The van der Waals surface area contributed by atoms with E-state index in [4.69, 9.17) is 14.2 Å².